The van der Waals surface area contributed by atoms with Gasteiger partial charge < -0.3 is 0 Å². The normalized spacial score (nSPS) is 14.2. The van der Waals surface area contributed by atoms with E-state index in [4.69, 9.17) is 11.1 Å². The van der Waals surface area contributed by atoms with Crippen LogP contribution in [0.2, 0.25) is 0 Å². The lowest BCUT2D eigenvalue weighted by Gasteiger charge is -2.20. The Morgan fingerprint density at radius 1 is 1.53 bits per heavy atom. The van der Waals surface area contributed by atoms with Gasteiger partial charge in [0.2, 0.25) is 0 Å². The largest absolute Gasteiger partial charge is 0.295 e. The van der Waals surface area contributed by atoms with Crippen LogP contribution in [-0.2, 0) is 6.54 Å². The minimum Gasteiger partial charge on any atom is -0.295 e. The number of carbonyl (C=O) groups is 1. The molecule has 0 saturated heterocycles. The van der Waals surface area contributed by atoms with E-state index in [1.54, 1.807) is 6.07 Å². The van der Waals surface area contributed by atoms with E-state index in [0.717, 1.165) is 18.7 Å². The molecule has 0 atom stereocenters. The van der Waals surface area contributed by atoms with Crippen LogP contribution in [0.5, 0.6) is 0 Å². The zero-order chi connectivity index (χ0) is 13.7. The molecule has 0 radical (unpaired) electrons. The van der Waals surface area contributed by atoms with Gasteiger partial charge in [-0.15, -0.1) is 0 Å². The predicted molar refractivity (Wildman–Crippen MR) is 71.8 cm³/mol. The van der Waals surface area contributed by atoms with Gasteiger partial charge in [-0.25, -0.2) is 5.84 Å². The first-order valence-corrected chi connectivity index (χ1v) is 6.45. The summed E-state index contributed by atoms with van der Waals surface area (Å²) in [6, 6.07) is 10.2. The number of hydrazine groups is 1. The van der Waals surface area contributed by atoms with Crippen LogP contribution < -0.4 is 11.3 Å². The summed E-state index contributed by atoms with van der Waals surface area (Å²) >= 11 is 0. The highest BCUT2D eigenvalue weighted by atomic mass is 16.2. The van der Waals surface area contributed by atoms with Gasteiger partial charge in [-0.1, -0.05) is 12.1 Å². The highest BCUT2D eigenvalue weighted by molar-refractivity contribution is 5.93. The molecule has 1 fully saturated rings. The quantitative estimate of drug-likeness (QED) is 0.456. The fraction of sp³-hybridized carbons (Fsp3) is 0.429. The Balaban J connectivity index is 2.04. The summed E-state index contributed by atoms with van der Waals surface area (Å²) in [5.41, 5.74) is 3.78. The van der Waals surface area contributed by atoms with Gasteiger partial charge >= 0.3 is 0 Å². The Labute approximate surface area is 113 Å². The number of amides is 1. The SMILES string of the molecule is N#CCCN(Cc1cccc(C(=O)NN)c1)C1CC1. The minimum absolute atomic E-state index is 0.281. The molecule has 1 aliphatic rings. The minimum atomic E-state index is -0.281. The highest BCUT2D eigenvalue weighted by Crippen LogP contribution is 2.28. The molecule has 5 heteroatoms. The summed E-state index contributed by atoms with van der Waals surface area (Å²) in [7, 11) is 0. The monoisotopic (exact) mass is 258 g/mol. The molecule has 0 bridgehead atoms. The number of rotatable bonds is 6. The van der Waals surface area contributed by atoms with Gasteiger partial charge in [0.1, 0.15) is 0 Å². The molecule has 1 saturated carbocycles. The molecular weight excluding hydrogens is 240 g/mol. The second-order valence-electron chi connectivity index (χ2n) is 4.78. The van der Waals surface area contributed by atoms with Gasteiger partial charge in [0, 0.05) is 31.1 Å². The van der Waals surface area contributed by atoms with Crippen LogP contribution in [0.15, 0.2) is 24.3 Å². The zero-order valence-corrected chi connectivity index (χ0v) is 10.8. The summed E-state index contributed by atoms with van der Waals surface area (Å²) in [5.74, 6) is 4.85. The van der Waals surface area contributed by atoms with Crippen molar-refractivity contribution in [3.63, 3.8) is 0 Å². The van der Waals surface area contributed by atoms with E-state index >= 15 is 0 Å². The Morgan fingerprint density at radius 2 is 2.32 bits per heavy atom. The van der Waals surface area contributed by atoms with Gasteiger partial charge in [-0.2, -0.15) is 5.26 Å². The Morgan fingerprint density at radius 3 is 2.95 bits per heavy atom. The molecule has 0 aromatic heterocycles. The Kier molecular flexibility index (Phi) is 4.50. The van der Waals surface area contributed by atoms with Crippen LogP contribution in [0, 0.1) is 11.3 Å². The fourth-order valence-electron chi connectivity index (χ4n) is 2.15. The molecule has 0 aliphatic heterocycles. The molecule has 19 heavy (non-hydrogen) atoms. The average molecular weight is 258 g/mol. The van der Waals surface area contributed by atoms with Gasteiger partial charge in [-0.05, 0) is 30.5 Å². The number of nitrogens with two attached hydrogens (primary N) is 1. The summed E-state index contributed by atoms with van der Waals surface area (Å²) in [4.78, 5) is 13.8. The molecule has 1 aromatic carbocycles. The number of nitrogens with one attached hydrogen (secondary N) is 1. The molecule has 0 spiro atoms. The first kappa shape index (κ1) is 13.5. The molecule has 1 amide bonds. The lowest BCUT2D eigenvalue weighted by Crippen LogP contribution is -2.30. The first-order valence-electron chi connectivity index (χ1n) is 6.45. The van der Waals surface area contributed by atoms with E-state index in [9.17, 15) is 4.79 Å². The van der Waals surface area contributed by atoms with Crippen LogP contribution in [0.4, 0.5) is 0 Å². The van der Waals surface area contributed by atoms with Crippen molar-refractivity contribution >= 4 is 5.91 Å². The van der Waals surface area contributed by atoms with Gasteiger partial charge in [0.15, 0.2) is 0 Å². The zero-order valence-electron chi connectivity index (χ0n) is 10.8. The summed E-state index contributed by atoms with van der Waals surface area (Å²) < 4.78 is 0. The summed E-state index contributed by atoms with van der Waals surface area (Å²) in [6.07, 6.45) is 2.95. The van der Waals surface area contributed by atoms with Crippen molar-refractivity contribution < 1.29 is 4.79 Å². The molecular formula is C14H18N4O. The van der Waals surface area contributed by atoms with E-state index in [2.05, 4.69) is 16.4 Å². The first-order chi connectivity index (χ1) is 9.24. The molecule has 0 unspecified atom stereocenters. The van der Waals surface area contributed by atoms with Crippen LogP contribution in [-0.4, -0.2) is 23.4 Å². The predicted octanol–water partition coefficient (Wildman–Crippen LogP) is 1.17. The third kappa shape index (κ3) is 3.78. The molecule has 1 aliphatic carbocycles. The molecule has 1 aromatic rings. The van der Waals surface area contributed by atoms with Crippen molar-refractivity contribution in [3.05, 3.63) is 35.4 Å². The Bertz CT molecular complexity index is 490. The van der Waals surface area contributed by atoms with Crippen molar-refractivity contribution in [1.29, 1.82) is 5.26 Å². The third-order valence-electron chi connectivity index (χ3n) is 3.28. The maximum Gasteiger partial charge on any atom is 0.265 e. The molecule has 3 N–H and O–H groups in total. The van der Waals surface area contributed by atoms with Crippen molar-refractivity contribution in [2.75, 3.05) is 6.54 Å². The molecule has 100 valence electrons. The molecule has 5 nitrogen and oxygen atoms in total. The number of benzene rings is 1. The van der Waals surface area contributed by atoms with Crippen LogP contribution >= 0.6 is 0 Å². The highest BCUT2D eigenvalue weighted by Gasteiger charge is 2.28. The standard InChI is InChI=1S/C14H18N4O/c15-7-2-8-18(13-5-6-13)10-11-3-1-4-12(9-11)14(19)17-16/h1,3-4,9,13H,2,5-6,8,10,16H2,(H,17,19). The smallest absolute Gasteiger partial charge is 0.265 e. The van der Waals surface area contributed by atoms with Crippen LogP contribution in [0.1, 0.15) is 35.2 Å². The Hall–Kier alpha value is -1.90. The van der Waals surface area contributed by atoms with Gasteiger partial charge in [-0.3, -0.25) is 15.1 Å². The van der Waals surface area contributed by atoms with Gasteiger partial charge in [0.05, 0.1) is 6.07 Å². The number of nitrogen functional groups attached to an aromatic ring is 1. The van der Waals surface area contributed by atoms with Crippen molar-refractivity contribution in [2.45, 2.75) is 31.8 Å². The van der Waals surface area contributed by atoms with E-state index in [1.165, 1.54) is 12.8 Å². The average Bonchev–Trinajstić information content (AvgIpc) is 3.27. The van der Waals surface area contributed by atoms with E-state index in [1.807, 2.05) is 18.2 Å². The lowest BCUT2D eigenvalue weighted by atomic mass is 10.1. The molecule has 0 heterocycles. The second kappa shape index (κ2) is 6.32. The van der Waals surface area contributed by atoms with Gasteiger partial charge in [0.25, 0.3) is 5.91 Å². The lowest BCUT2D eigenvalue weighted by molar-refractivity contribution is 0.0953. The van der Waals surface area contributed by atoms with Crippen molar-refractivity contribution in [3.8, 4) is 6.07 Å². The van der Waals surface area contributed by atoms with Crippen molar-refractivity contribution in [2.24, 2.45) is 5.84 Å². The summed E-state index contributed by atoms with van der Waals surface area (Å²) in [5, 5.41) is 8.69. The number of hydrogen-bond donors (Lipinski definition) is 2. The van der Waals surface area contributed by atoms with Crippen LogP contribution in [0.3, 0.4) is 0 Å². The third-order valence-corrected chi connectivity index (χ3v) is 3.28. The number of hydrogen-bond acceptors (Lipinski definition) is 4. The van der Waals surface area contributed by atoms with E-state index < -0.39 is 0 Å². The van der Waals surface area contributed by atoms with Crippen molar-refractivity contribution in [1.82, 2.24) is 10.3 Å². The number of carbonyl (C=O) groups excluding carboxylic acids is 1. The van der Waals surface area contributed by atoms with E-state index in [-0.39, 0.29) is 5.91 Å². The summed E-state index contributed by atoms with van der Waals surface area (Å²) in [6.45, 7) is 1.56. The fourth-order valence-corrected chi connectivity index (χ4v) is 2.15. The van der Waals surface area contributed by atoms with Crippen LogP contribution in [0.25, 0.3) is 0 Å². The maximum absolute atomic E-state index is 11.5. The molecule has 2 rings (SSSR count). The van der Waals surface area contributed by atoms with E-state index in [0.29, 0.717) is 18.0 Å². The second-order valence-corrected chi connectivity index (χ2v) is 4.78. The maximum atomic E-state index is 11.5. The number of nitriles is 1. The topological polar surface area (TPSA) is 82.2 Å². The number of nitrogens with zero attached hydrogens (tertiary/aromatic N) is 2.